The van der Waals surface area contributed by atoms with Gasteiger partial charge in [0.15, 0.2) is 0 Å². The van der Waals surface area contributed by atoms with Crippen molar-refractivity contribution in [1.29, 1.82) is 0 Å². The Bertz CT molecular complexity index is 456. The lowest BCUT2D eigenvalue weighted by Crippen LogP contribution is -2.26. The average Bonchev–Trinajstić information content (AvgIpc) is 2.37. The molecule has 0 amide bonds. The van der Waals surface area contributed by atoms with Crippen LogP contribution in [0.1, 0.15) is 65.6 Å². The van der Waals surface area contributed by atoms with Crippen LogP contribution in [-0.4, -0.2) is 16.1 Å². The van der Waals surface area contributed by atoms with Gasteiger partial charge in [-0.1, -0.05) is 40.5 Å². The molecule has 3 nitrogen and oxygen atoms in total. The summed E-state index contributed by atoms with van der Waals surface area (Å²) in [6.07, 6.45) is 6.47. The van der Waals surface area contributed by atoms with Gasteiger partial charge in [0.05, 0.1) is 0 Å². The van der Waals surface area contributed by atoms with Gasteiger partial charge in [-0.15, -0.1) is 0 Å². The molecular formula is C16H25BrN2O. The van der Waals surface area contributed by atoms with E-state index in [1.54, 1.807) is 0 Å². The van der Waals surface area contributed by atoms with Crippen molar-refractivity contribution in [2.75, 3.05) is 0 Å². The van der Waals surface area contributed by atoms with E-state index in [1.165, 1.54) is 19.3 Å². The summed E-state index contributed by atoms with van der Waals surface area (Å²) in [6, 6.07) is 1.88. The first kappa shape index (κ1) is 15.7. The fourth-order valence-electron chi connectivity index (χ4n) is 2.68. The highest BCUT2D eigenvalue weighted by molar-refractivity contribution is 9.10. The Hall–Kier alpha value is -0.640. The van der Waals surface area contributed by atoms with E-state index < -0.39 is 0 Å². The Morgan fingerprint density at radius 2 is 2.05 bits per heavy atom. The molecule has 1 heterocycles. The molecule has 1 aromatic heterocycles. The van der Waals surface area contributed by atoms with Gasteiger partial charge in [0.2, 0.25) is 5.88 Å². The van der Waals surface area contributed by atoms with Crippen LogP contribution in [0.4, 0.5) is 0 Å². The van der Waals surface area contributed by atoms with Crippen LogP contribution in [0.25, 0.3) is 0 Å². The first-order valence-electron chi connectivity index (χ1n) is 7.60. The van der Waals surface area contributed by atoms with Gasteiger partial charge in [-0.05, 0) is 41.1 Å². The minimum atomic E-state index is -0.0690. The Balaban J connectivity index is 2.11. The van der Waals surface area contributed by atoms with Crippen LogP contribution in [0, 0.1) is 5.92 Å². The summed E-state index contributed by atoms with van der Waals surface area (Å²) in [5.74, 6) is 2.34. The predicted molar refractivity (Wildman–Crippen MR) is 85.1 cm³/mol. The van der Waals surface area contributed by atoms with E-state index in [0.29, 0.717) is 12.0 Å². The largest absolute Gasteiger partial charge is 0.474 e. The van der Waals surface area contributed by atoms with Gasteiger partial charge in [0.25, 0.3) is 0 Å². The topological polar surface area (TPSA) is 35.0 Å². The SMILES string of the molecule is CCC1CCCC(Oc2cc(Br)nc(C(C)(C)C)n2)C1. The Kier molecular flexibility index (Phi) is 5.05. The molecule has 1 aromatic rings. The molecule has 0 spiro atoms. The molecule has 2 rings (SSSR count). The molecule has 0 N–H and O–H groups in total. The molecule has 4 heteroatoms. The summed E-state index contributed by atoms with van der Waals surface area (Å²) >= 11 is 3.46. The maximum atomic E-state index is 6.12. The number of ether oxygens (including phenoxy) is 1. The van der Waals surface area contributed by atoms with E-state index in [-0.39, 0.29) is 5.41 Å². The number of hydrogen-bond donors (Lipinski definition) is 0. The quantitative estimate of drug-likeness (QED) is 0.735. The highest BCUT2D eigenvalue weighted by atomic mass is 79.9. The third-order valence-electron chi connectivity index (χ3n) is 3.94. The van der Waals surface area contributed by atoms with Crippen molar-refractivity contribution >= 4 is 15.9 Å². The monoisotopic (exact) mass is 340 g/mol. The molecule has 112 valence electrons. The van der Waals surface area contributed by atoms with Crippen molar-refractivity contribution in [1.82, 2.24) is 9.97 Å². The first-order chi connectivity index (χ1) is 9.38. The molecule has 0 bridgehead atoms. The van der Waals surface area contributed by atoms with Crippen LogP contribution >= 0.6 is 15.9 Å². The fraction of sp³-hybridized carbons (Fsp3) is 0.750. The molecule has 2 unspecified atom stereocenters. The highest BCUT2D eigenvalue weighted by Crippen LogP contribution is 2.30. The molecule has 1 saturated carbocycles. The molecule has 0 saturated heterocycles. The summed E-state index contributed by atoms with van der Waals surface area (Å²) in [5.41, 5.74) is -0.0690. The van der Waals surface area contributed by atoms with Gasteiger partial charge in [-0.25, -0.2) is 4.98 Å². The third kappa shape index (κ3) is 4.18. The van der Waals surface area contributed by atoms with Gasteiger partial charge in [-0.2, -0.15) is 4.98 Å². The minimum Gasteiger partial charge on any atom is -0.474 e. The summed E-state index contributed by atoms with van der Waals surface area (Å²) < 4.78 is 6.92. The highest BCUT2D eigenvalue weighted by Gasteiger charge is 2.24. The average molecular weight is 341 g/mol. The molecule has 1 fully saturated rings. The number of rotatable bonds is 3. The second-order valence-corrected chi connectivity index (χ2v) is 7.60. The predicted octanol–water partition coefficient (Wildman–Crippen LogP) is 4.88. The van der Waals surface area contributed by atoms with Crippen LogP contribution in [0.2, 0.25) is 0 Å². The summed E-state index contributed by atoms with van der Waals surface area (Å²) in [5, 5.41) is 0. The van der Waals surface area contributed by atoms with Gasteiger partial charge < -0.3 is 4.74 Å². The zero-order valence-electron chi connectivity index (χ0n) is 12.9. The molecule has 0 radical (unpaired) electrons. The molecule has 20 heavy (non-hydrogen) atoms. The normalized spacial score (nSPS) is 23.6. The molecule has 1 aliphatic carbocycles. The lowest BCUT2D eigenvalue weighted by atomic mass is 9.85. The minimum absolute atomic E-state index is 0.0690. The van der Waals surface area contributed by atoms with Crippen molar-refractivity contribution < 1.29 is 4.74 Å². The van der Waals surface area contributed by atoms with Crippen molar-refractivity contribution in [2.24, 2.45) is 5.92 Å². The van der Waals surface area contributed by atoms with Gasteiger partial charge in [0, 0.05) is 11.5 Å². The van der Waals surface area contributed by atoms with Crippen LogP contribution in [0.5, 0.6) is 5.88 Å². The Morgan fingerprint density at radius 1 is 1.30 bits per heavy atom. The van der Waals surface area contributed by atoms with Crippen molar-refractivity contribution in [2.45, 2.75) is 71.3 Å². The summed E-state index contributed by atoms with van der Waals surface area (Å²) in [4.78, 5) is 9.04. The smallest absolute Gasteiger partial charge is 0.218 e. The Labute approximate surface area is 130 Å². The van der Waals surface area contributed by atoms with Crippen LogP contribution < -0.4 is 4.74 Å². The van der Waals surface area contributed by atoms with E-state index in [1.807, 2.05) is 6.07 Å². The maximum Gasteiger partial charge on any atom is 0.218 e. The molecule has 0 aliphatic heterocycles. The maximum absolute atomic E-state index is 6.12. The lowest BCUT2D eigenvalue weighted by Gasteiger charge is -2.29. The van der Waals surface area contributed by atoms with Crippen molar-refractivity contribution in [3.05, 3.63) is 16.5 Å². The Morgan fingerprint density at radius 3 is 2.70 bits per heavy atom. The van der Waals surface area contributed by atoms with Crippen molar-refractivity contribution in [3.63, 3.8) is 0 Å². The number of aromatic nitrogens is 2. The van der Waals surface area contributed by atoms with E-state index >= 15 is 0 Å². The molecular weight excluding hydrogens is 316 g/mol. The zero-order valence-corrected chi connectivity index (χ0v) is 14.5. The van der Waals surface area contributed by atoms with Gasteiger partial charge in [-0.3, -0.25) is 0 Å². The van der Waals surface area contributed by atoms with E-state index in [2.05, 4.69) is 53.6 Å². The van der Waals surface area contributed by atoms with Crippen LogP contribution in [-0.2, 0) is 5.41 Å². The van der Waals surface area contributed by atoms with Gasteiger partial charge in [0.1, 0.15) is 16.5 Å². The summed E-state index contributed by atoms with van der Waals surface area (Å²) in [7, 11) is 0. The van der Waals surface area contributed by atoms with Crippen LogP contribution in [0.3, 0.4) is 0 Å². The van der Waals surface area contributed by atoms with Crippen LogP contribution in [0.15, 0.2) is 10.7 Å². The number of halogens is 1. The van der Waals surface area contributed by atoms with E-state index in [0.717, 1.165) is 29.2 Å². The summed E-state index contributed by atoms with van der Waals surface area (Å²) in [6.45, 7) is 8.62. The molecule has 2 atom stereocenters. The second kappa shape index (κ2) is 6.42. The van der Waals surface area contributed by atoms with E-state index in [9.17, 15) is 0 Å². The lowest BCUT2D eigenvalue weighted by molar-refractivity contribution is 0.116. The van der Waals surface area contributed by atoms with Crippen molar-refractivity contribution in [3.8, 4) is 5.88 Å². The van der Waals surface area contributed by atoms with E-state index in [4.69, 9.17) is 4.74 Å². The standard InChI is InChI=1S/C16H25BrN2O/c1-5-11-7-6-8-12(9-11)20-14-10-13(17)18-15(19-14)16(2,3)4/h10-12H,5-9H2,1-4H3. The third-order valence-corrected chi connectivity index (χ3v) is 4.35. The second-order valence-electron chi connectivity index (χ2n) is 6.78. The number of nitrogens with zero attached hydrogens (tertiary/aromatic N) is 2. The fourth-order valence-corrected chi connectivity index (χ4v) is 3.05. The zero-order chi connectivity index (χ0) is 14.8. The first-order valence-corrected chi connectivity index (χ1v) is 8.39. The van der Waals surface area contributed by atoms with Gasteiger partial charge >= 0.3 is 0 Å². The molecule has 1 aliphatic rings. The molecule has 0 aromatic carbocycles. The number of hydrogen-bond acceptors (Lipinski definition) is 3.